The number of amides is 2. The van der Waals surface area contributed by atoms with Gasteiger partial charge in [0.15, 0.2) is 0 Å². The number of carbonyl (C=O) groups excluding carboxylic acids is 2. The summed E-state index contributed by atoms with van der Waals surface area (Å²) in [4.78, 5) is 23.5. The lowest BCUT2D eigenvalue weighted by atomic mass is 10.2. The molecule has 116 valence electrons. The Labute approximate surface area is 125 Å². The molecule has 0 fully saturated rings. The average molecular weight is 293 g/mol. The number of hydrogen-bond donors (Lipinski definition) is 3. The Morgan fingerprint density at radius 3 is 2.76 bits per heavy atom. The molecule has 0 bridgehead atoms. The molecule has 0 heterocycles. The Morgan fingerprint density at radius 2 is 2.10 bits per heavy atom. The summed E-state index contributed by atoms with van der Waals surface area (Å²) in [6.45, 7) is 4.67. The fourth-order valence-electron chi connectivity index (χ4n) is 1.70. The van der Waals surface area contributed by atoms with Gasteiger partial charge < -0.3 is 15.4 Å². The van der Waals surface area contributed by atoms with Gasteiger partial charge in [0.1, 0.15) is 0 Å². The average Bonchev–Trinajstić information content (AvgIpc) is 2.45. The Hall–Kier alpha value is -1.92. The van der Waals surface area contributed by atoms with Crippen molar-refractivity contribution < 1.29 is 14.3 Å². The van der Waals surface area contributed by atoms with Crippen LogP contribution in [-0.4, -0.2) is 44.7 Å². The van der Waals surface area contributed by atoms with Crippen LogP contribution in [0.5, 0.6) is 0 Å². The van der Waals surface area contributed by atoms with Crippen molar-refractivity contribution in [2.45, 2.75) is 19.9 Å². The SMILES string of the molecule is COCCNC(=O)C(C)NCC(=O)Nc1cccc(C)c1. The minimum atomic E-state index is -0.440. The highest BCUT2D eigenvalue weighted by Gasteiger charge is 2.13. The second-order valence-corrected chi connectivity index (χ2v) is 4.80. The van der Waals surface area contributed by atoms with E-state index in [2.05, 4.69) is 16.0 Å². The van der Waals surface area contributed by atoms with Gasteiger partial charge in [0.05, 0.1) is 19.2 Å². The molecule has 0 saturated heterocycles. The van der Waals surface area contributed by atoms with Crippen LogP contribution in [0.3, 0.4) is 0 Å². The molecular weight excluding hydrogens is 270 g/mol. The summed E-state index contributed by atoms with van der Waals surface area (Å²) in [5.41, 5.74) is 1.82. The third-order valence-corrected chi connectivity index (χ3v) is 2.87. The maximum Gasteiger partial charge on any atom is 0.238 e. The number of rotatable bonds is 8. The highest BCUT2D eigenvalue weighted by molar-refractivity contribution is 5.92. The number of aryl methyl sites for hydroxylation is 1. The van der Waals surface area contributed by atoms with Crippen molar-refractivity contribution in [3.63, 3.8) is 0 Å². The summed E-state index contributed by atoms with van der Waals surface area (Å²) in [6.07, 6.45) is 0. The van der Waals surface area contributed by atoms with Gasteiger partial charge in [-0.25, -0.2) is 0 Å². The van der Waals surface area contributed by atoms with Crippen LogP contribution in [0.1, 0.15) is 12.5 Å². The number of nitrogens with one attached hydrogen (secondary N) is 3. The van der Waals surface area contributed by atoms with E-state index in [1.807, 2.05) is 31.2 Å². The van der Waals surface area contributed by atoms with Crippen molar-refractivity contribution in [3.8, 4) is 0 Å². The summed E-state index contributed by atoms with van der Waals surface area (Å²) in [5.74, 6) is -0.340. The summed E-state index contributed by atoms with van der Waals surface area (Å²) in [6, 6.07) is 7.11. The molecule has 0 spiro atoms. The normalized spacial score (nSPS) is 11.8. The van der Waals surface area contributed by atoms with Crippen LogP contribution in [0.25, 0.3) is 0 Å². The fourth-order valence-corrected chi connectivity index (χ4v) is 1.70. The van der Waals surface area contributed by atoms with Crippen molar-refractivity contribution in [1.82, 2.24) is 10.6 Å². The molecule has 6 nitrogen and oxygen atoms in total. The van der Waals surface area contributed by atoms with E-state index in [0.29, 0.717) is 13.2 Å². The van der Waals surface area contributed by atoms with Crippen LogP contribution in [0.4, 0.5) is 5.69 Å². The molecule has 0 saturated carbocycles. The molecular formula is C15H23N3O3. The predicted octanol–water partition coefficient (Wildman–Crippen LogP) is 0.674. The topological polar surface area (TPSA) is 79.5 Å². The van der Waals surface area contributed by atoms with E-state index in [0.717, 1.165) is 11.3 Å². The number of hydrogen-bond acceptors (Lipinski definition) is 4. The van der Waals surface area contributed by atoms with E-state index in [-0.39, 0.29) is 18.4 Å². The number of anilines is 1. The van der Waals surface area contributed by atoms with Crippen molar-refractivity contribution in [3.05, 3.63) is 29.8 Å². The second kappa shape index (κ2) is 9.10. The third-order valence-electron chi connectivity index (χ3n) is 2.87. The Balaban J connectivity index is 2.30. The standard InChI is InChI=1S/C15H23N3O3/c1-11-5-4-6-13(9-11)18-14(19)10-17-12(2)15(20)16-7-8-21-3/h4-6,9,12,17H,7-8,10H2,1-3H3,(H,16,20)(H,18,19). The molecule has 0 aliphatic heterocycles. The predicted molar refractivity (Wildman–Crippen MR) is 82.2 cm³/mol. The first kappa shape index (κ1) is 17.1. The Bertz CT molecular complexity index is 477. The second-order valence-electron chi connectivity index (χ2n) is 4.80. The molecule has 0 aliphatic rings. The number of carbonyl (C=O) groups is 2. The molecule has 1 unspecified atom stereocenters. The van der Waals surface area contributed by atoms with Crippen LogP contribution in [0, 0.1) is 6.92 Å². The number of ether oxygens (including phenoxy) is 1. The van der Waals surface area contributed by atoms with Crippen LogP contribution in [0.2, 0.25) is 0 Å². The maximum atomic E-state index is 11.8. The summed E-state index contributed by atoms with van der Waals surface area (Å²) >= 11 is 0. The van der Waals surface area contributed by atoms with Gasteiger partial charge in [-0.2, -0.15) is 0 Å². The van der Waals surface area contributed by atoms with E-state index >= 15 is 0 Å². The first-order valence-electron chi connectivity index (χ1n) is 6.89. The lowest BCUT2D eigenvalue weighted by molar-refractivity contribution is -0.123. The maximum absolute atomic E-state index is 11.8. The van der Waals surface area contributed by atoms with Crippen LogP contribution >= 0.6 is 0 Å². The highest BCUT2D eigenvalue weighted by atomic mass is 16.5. The Kier molecular flexibility index (Phi) is 7.42. The molecule has 0 radical (unpaired) electrons. The zero-order chi connectivity index (χ0) is 15.7. The first-order chi connectivity index (χ1) is 10.0. The molecule has 2 amide bonds. The van der Waals surface area contributed by atoms with Gasteiger partial charge in [0.25, 0.3) is 0 Å². The van der Waals surface area contributed by atoms with Gasteiger partial charge in [-0.15, -0.1) is 0 Å². The molecule has 1 rings (SSSR count). The van der Waals surface area contributed by atoms with Crippen molar-refractivity contribution in [2.75, 3.05) is 32.1 Å². The monoisotopic (exact) mass is 293 g/mol. The van der Waals surface area contributed by atoms with Crippen molar-refractivity contribution >= 4 is 17.5 Å². The van der Waals surface area contributed by atoms with E-state index in [1.165, 1.54) is 0 Å². The zero-order valence-corrected chi connectivity index (χ0v) is 12.7. The molecule has 6 heteroatoms. The summed E-state index contributed by atoms with van der Waals surface area (Å²) in [5, 5.41) is 8.36. The van der Waals surface area contributed by atoms with Crippen molar-refractivity contribution in [2.24, 2.45) is 0 Å². The largest absolute Gasteiger partial charge is 0.383 e. The fraction of sp³-hybridized carbons (Fsp3) is 0.467. The molecule has 3 N–H and O–H groups in total. The molecule has 0 aromatic heterocycles. The molecule has 1 aromatic carbocycles. The summed E-state index contributed by atoms with van der Waals surface area (Å²) in [7, 11) is 1.57. The van der Waals surface area contributed by atoms with E-state index in [1.54, 1.807) is 14.0 Å². The zero-order valence-electron chi connectivity index (χ0n) is 12.7. The van der Waals surface area contributed by atoms with Gasteiger partial charge in [0, 0.05) is 19.3 Å². The van der Waals surface area contributed by atoms with Crippen molar-refractivity contribution in [1.29, 1.82) is 0 Å². The third kappa shape index (κ3) is 6.87. The van der Waals surface area contributed by atoms with Gasteiger partial charge in [-0.1, -0.05) is 12.1 Å². The quantitative estimate of drug-likeness (QED) is 0.616. The molecule has 0 aliphatic carbocycles. The lowest BCUT2D eigenvalue weighted by Gasteiger charge is -2.14. The van der Waals surface area contributed by atoms with E-state index in [4.69, 9.17) is 4.74 Å². The smallest absolute Gasteiger partial charge is 0.238 e. The number of benzene rings is 1. The molecule has 21 heavy (non-hydrogen) atoms. The van der Waals surface area contributed by atoms with Gasteiger partial charge in [0.2, 0.25) is 11.8 Å². The van der Waals surface area contributed by atoms with E-state index in [9.17, 15) is 9.59 Å². The van der Waals surface area contributed by atoms with Crippen LogP contribution in [0.15, 0.2) is 24.3 Å². The lowest BCUT2D eigenvalue weighted by Crippen LogP contribution is -2.45. The highest BCUT2D eigenvalue weighted by Crippen LogP contribution is 2.08. The van der Waals surface area contributed by atoms with Gasteiger partial charge >= 0.3 is 0 Å². The van der Waals surface area contributed by atoms with Crippen LogP contribution in [-0.2, 0) is 14.3 Å². The minimum absolute atomic E-state index is 0.0762. The van der Waals surface area contributed by atoms with E-state index < -0.39 is 6.04 Å². The van der Waals surface area contributed by atoms with Crippen LogP contribution < -0.4 is 16.0 Å². The summed E-state index contributed by atoms with van der Waals surface area (Å²) < 4.78 is 4.85. The van der Waals surface area contributed by atoms with Gasteiger partial charge in [-0.3, -0.25) is 14.9 Å². The Morgan fingerprint density at radius 1 is 1.33 bits per heavy atom. The number of methoxy groups -OCH3 is 1. The first-order valence-corrected chi connectivity index (χ1v) is 6.89. The minimum Gasteiger partial charge on any atom is -0.383 e. The van der Waals surface area contributed by atoms with Gasteiger partial charge in [-0.05, 0) is 31.5 Å². The molecule has 1 aromatic rings. The molecule has 1 atom stereocenters.